The van der Waals surface area contributed by atoms with E-state index in [1.165, 1.54) is 0 Å². The molecule has 0 aromatic heterocycles. The van der Waals surface area contributed by atoms with E-state index in [0.29, 0.717) is 17.7 Å². The number of hydrogen-bond acceptors (Lipinski definition) is 5. The third-order valence-corrected chi connectivity index (χ3v) is 3.99. The Labute approximate surface area is 145 Å². The van der Waals surface area contributed by atoms with Crippen LogP contribution in [0.2, 0.25) is 0 Å². The zero-order chi connectivity index (χ0) is 17.6. The molecule has 2 aromatic rings. The highest BCUT2D eigenvalue weighted by Gasteiger charge is 2.16. The van der Waals surface area contributed by atoms with Gasteiger partial charge in [0.15, 0.2) is 0 Å². The Kier molecular flexibility index (Phi) is 4.95. The summed E-state index contributed by atoms with van der Waals surface area (Å²) in [7, 11) is 0. The molecule has 3 rings (SSSR count). The molecule has 25 heavy (non-hydrogen) atoms. The SMILES string of the molecule is N#Cc1ccc(C(=O)Nc2ccc(CC[C@H]3COC(N)=N3)cc2)cc1. The molecular formula is C19H18N4O2. The molecule has 2 aromatic carbocycles. The van der Waals surface area contributed by atoms with Crippen LogP contribution in [0.1, 0.15) is 27.9 Å². The number of amides is 1. The minimum atomic E-state index is -0.204. The van der Waals surface area contributed by atoms with Gasteiger partial charge < -0.3 is 15.8 Å². The number of nitriles is 1. The van der Waals surface area contributed by atoms with Gasteiger partial charge in [-0.25, -0.2) is 4.99 Å². The Morgan fingerprint density at radius 2 is 1.96 bits per heavy atom. The molecule has 0 radical (unpaired) electrons. The first-order chi connectivity index (χ1) is 12.1. The topological polar surface area (TPSA) is 100 Å². The van der Waals surface area contributed by atoms with Gasteiger partial charge in [0, 0.05) is 11.3 Å². The van der Waals surface area contributed by atoms with E-state index in [0.717, 1.165) is 24.1 Å². The lowest BCUT2D eigenvalue weighted by atomic mass is 10.1. The van der Waals surface area contributed by atoms with Gasteiger partial charge in [0.2, 0.25) is 0 Å². The highest BCUT2D eigenvalue weighted by atomic mass is 16.5. The van der Waals surface area contributed by atoms with Crippen molar-refractivity contribution in [3.05, 3.63) is 65.2 Å². The summed E-state index contributed by atoms with van der Waals surface area (Å²) in [4.78, 5) is 16.4. The molecule has 1 aliphatic heterocycles. The van der Waals surface area contributed by atoms with Crippen molar-refractivity contribution >= 4 is 17.6 Å². The number of rotatable bonds is 5. The van der Waals surface area contributed by atoms with Crippen molar-refractivity contribution in [2.45, 2.75) is 18.9 Å². The Morgan fingerprint density at radius 3 is 2.56 bits per heavy atom. The first-order valence-corrected chi connectivity index (χ1v) is 8.00. The first-order valence-electron chi connectivity index (χ1n) is 8.00. The van der Waals surface area contributed by atoms with Crippen LogP contribution in [0.4, 0.5) is 5.69 Å². The van der Waals surface area contributed by atoms with Crippen molar-refractivity contribution in [3.63, 3.8) is 0 Å². The minimum Gasteiger partial charge on any atom is -0.463 e. The van der Waals surface area contributed by atoms with Crippen molar-refractivity contribution in [1.82, 2.24) is 0 Å². The largest absolute Gasteiger partial charge is 0.463 e. The third kappa shape index (κ3) is 4.36. The molecule has 0 bridgehead atoms. The van der Waals surface area contributed by atoms with E-state index in [1.54, 1.807) is 24.3 Å². The van der Waals surface area contributed by atoms with E-state index in [-0.39, 0.29) is 18.0 Å². The lowest BCUT2D eigenvalue weighted by Gasteiger charge is -2.08. The van der Waals surface area contributed by atoms with Crippen molar-refractivity contribution in [3.8, 4) is 6.07 Å². The number of ether oxygens (including phenoxy) is 1. The molecule has 3 N–H and O–H groups in total. The lowest BCUT2D eigenvalue weighted by Crippen LogP contribution is -2.12. The molecular weight excluding hydrogens is 316 g/mol. The van der Waals surface area contributed by atoms with Gasteiger partial charge in [0.25, 0.3) is 11.9 Å². The fourth-order valence-electron chi connectivity index (χ4n) is 2.57. The second-order valence-corrected chi connectivity index (χ2v) is 5.81. The van der Waals surface area contributed by atoms with Gasteiger partial charge in [-0.05, 0) is 54.8 Å². The van der Waals surface area contributed by atoms with E-state index < -0.39 is 0 Å². The molecule has 126 valence electrons. The summed E-state index contributed by atoms with van der Waals surface area (Å²) in [5.74, 6) is -0.204. The average Bonchev–Trinajstić information content (AvgIpc) is 3.06. The van der Waals surface area contributed by atoms with Gasteiger partial charge in [-0.3, -0.25) is 4.79 Å². The van der Waals surface area contributed by atoms with Crippen LogP contribution in [0.15, 0.2) is 53.5 Å². The maximum absolute atomic E-state index is 12.2. The molecule has 1 heterocycles. The smallest absolute Gasteiger partial charge is 0.282 e. The zero-order valence-corrected chi connectivity index (χ0v) is 13.6. The Balaban J connectivity index is 1.54. The van der Waals surface area contributed by atoms with E-state index >= 15 is 0 Å². The van der Waals surface area contributed by atoms with Crippen molar-refractivity contribution in [2.75, 3.05) is 11.9 Å². The standard InChI is InChI=1S/C19H18N4O2/c20-11-14-1-6-15(7-2-14)18(24)22-16-8-3-13(4-9-16)5-10-17-12-25-19(21)23-17/h1-4,6-9,17H,5,10,12H2,(H2,21,23)(H,22,24)/t17-/m0/s1. The van der Waals surface area contributed by atoms with Crippen LogP contribution in [0.5, 0.6) is 0 Å². The predicted molar refractivity (Wildman–Crippen MR) is 95.2 cm³/mol. The van der Waals surface area contributed by atoms with Crippen LogP contribution in [-0.4, -0.2) is 24.6 Å². The van der Waals surface area contributed by atoms with E-state index in [2.05, 4.69) is 10.3 Å². The summed E-state index contributed by atoms with van der Waals surface area (Å²) < 4.78 is 5.14. The van der Waals surface area contributed by atoms with Gasteiger partial charge >= 0.3 is 0 Å². The second-order valence-electron chi connectivity index (χ2n) is 5.81. The second kappa shape index (κ2) is 7.49. The van der Waals surface area contributed by atoms with Crippen molar-refractivity contribution in [1.29, 1.82) is 5.26 Å². The summed E-state index contributed by atoms with van der Waals surface area (Å²) >= 11 is 0. The number of nitrogens with two attached hydrogens (primary N) is 1. The normalized spacial score (nSPS) is 15.8. The summed E-state index contributed by atoms with van der Waals surface area (Å²) in [6, 6.07) is 16.7. The summed E-state index contributed by atoms with van der Waals surface area (Å²) in [5, 5.41) is 11.6. The van der Waals surface area contributed by atoms with Crippen molar-refractivity contribution in [2.24, 2.45) is 10.7 Å². The van der Waals surface area contributed by atoms with Gasteiger partial charge in [0.05, 0.1) is 17.7 Å². The van der Waals surface area contributed by atoms with Gasteiger partial charge in [-0.1, -0.05) is 12.1 Å². The fourth-order valence-corrected chi connectivity index (χ4v) is 2.57. The molecule has 6 nitrogen and oxygen atoms in total. The maximum atomic E-state index is 12.2. The highest BCUT2D eigenvalue weighted by molar-refractivity contribution is 6.04. The van der Waals surface area contributed by atoms with Crippen LogP contribution >= 0.6 is 0 Å². The molecule has 0 fully saturated rings. The Bertz CT molecular complexity index is 820. The molecule has 1 amide bonds. The highest BCUT2D eigenvalue weighted by Crippen LogP contribution is 2.15. The molecule has 0 saturated heterocycles. The van der Waals surface area contributed by atoms with Gasteiger partial charge in [-0.2, -0.15) is 5.26 Å². The quantitative estimate of drug-likeness (QED) is 0.877. The fraction of sp³-hybridized carbons (Fsp3) is 0.211. The first kappa shape index (κ1) is 16.5. The van der Waals surface area contributed by atoms with Crippen LogP contribution in [0.25, 0.3) is 0 Å². The lowest BCUT2D eigenvalue weighted by molar-refractivity contribution is 0.102. The number of nitrogens with one attached hydrogen (secondary N) is 1. The number of aryl methyl sites for hydroxylation is 1. The van der Waals surface area contributed by atoms with Gasteiger partial charge in [0.1, 0.15) is 6.61 Å². The molecule has 1 aliphatic rings. The summed E-state index contributed by atoms with van der Waals surface area (Å²) in [6.45, 7) is 0.546. The number of carbonyl (C=O) groups is 1. The average molecular weight is 334 g/mol. The van der Waals surface area contributed by atoms with Crippen LogP contribution in [0.3, 0.4) is 0 Å². The zero-order valence-electron chi connectivity index (χ0n) is 13.6. The Hall–Kier alpha value is -3.33. The molecule has 0 unspecified atom stereocenters. The molecule has 0 spiro atoms. The number of benzene rings is 2. The van der Waals surface area contributed by atoms with Crippen molar-refractivity contribution < 1.29 is 9.53 Å². The van der Waals surface area contributed by atoms with E-state index in [4.69, 9.17) is 15.7 Å². The molecule has 0 saturated carbocycles. The number of hydrogen-bond donors (Lipinski definition) is 2. The van der Waals surface area contributed by atoms with E-state index in [1.807, 2.05) is 30.3 Å². The van der Waals surface area contributed by atoms with Crippen LogP contribution in [-0.2, 0) is 11.2 Å². The number of nitrogens with zero attached hydrogens (tertiary/aromatic N) is 2. The monoisotopic (exact) mass is 334 g/mol. The molecule has 1 atom stereocenters. The van der Waals surface area contributed by atoms with Crippen LogP contribution < -0.4 is 11.1 Å². The minimum absolute atomic E-state index is 0.121. The molecule has 0 aliphatic carbocycles. The third-order valence-electron chi connectivity index (χ3n) is 3.99. The summed E-state index contributed by atoms with van der Waals surface area (Å²) in [6.07, 6.45) is 1.74. The Morgan fingerprint density at radius 1 is 1.24 bits per heavy atom. The number of anilines is 1. The maximum Gasteiger partial charge on any atom is 0.282 e. The number of aliphatic imine (C=N–C) groups is 1. The summed E-state index contributed by atoms with van der Waals surface area (Å²) in [5.41, 5.74) is 8.43. The van der Waals surface area contributed by atoms with Gasteiger partial charge in [-0.15, -0.1) is 0 Å². The number of carbonyl (C=O) groups excluding carboxylic acids is 1. The van der Waals surface area contributed by atoms with Crippen LogP contribution in [0, 0.1) is 11.3 Å². The van der Waals surface area contributed by atoms with E-state index in [9.17, 15) is 4.79 Å². The predicted octanol–water partition coefficient (Wildman–Crippen LogP) is 2.46. The molecule has 6 heteroatoms. The number of amidine groups is 1.